The molecule has 0 radical (unpaired) electrons. The number of ether oxygens (including phenoxy) is 1. The van der Waals surface area contributed by atoms with Crippen LogP contribution < -0.4 is 4.74 Å². The molecule has 1 nitrogen and oxygen atoms in total. The van der Waals surface area contributed by atoms with Gasteiger partial charge in [-0.25, -0.2) is 0 Å². The molecular weight excluding hydrogens is 220 g/mol. The van der Waals surface area contributed by atoms with E-state index in [9.17, 15) is 0 Å². The van der Waals surface area contributed by atoms with Crippen LogP contribution in [0.25, 0.3) is 0 Å². The molecule has 0 bridgehead atoms. The van der Waals surface area contributed by atoms with Crippen molar-refractivity contribution in [3.05, 3.63) is 66.8 Å². The molecule has 0 saturated carbocycles. The van der Waals surface area contributed by atoms with Crippen molar-refractivity contribution >= 4 is 0 Å². The first-order valence-corrected chi connectivity index (χ1v) is 6.45. The summed E-state index contributed by atoms with van der Waals surface area (Å²) in [6, 6.07) is 8.14. The quantitative estimate of drug-likeness (QED) is 0.643. The molecule has 0 unspecified atom stereocenters. The predicted octanol–water partition coefficient (Wildman–Crippen LogP) is 4.95. The van der Waals surface area contributed by atoms with E-state index in [1.165, 1.54) is 5.56 Å². The Morgan fingerprint density at radius 3 is 2.33 bits per heavy atom. The number of hydrogen-bond acceptors (Lipinski definition) is 1. The first-order valence-electron chi connectivity index (χ1n) is 6.45. The molecule has 0 fully saturated rings. The molecule has 0 spiro atoms. The summed E-state index contributed by atoms with van der Waals surface area (Å²) in [7, 11) is 0. The first kappa shape index (κ1) is 16.2. The van der Waals surface area contributed by atoms with E-state index in [-0.39, 0.29) is 0 Å². The van der Waals surface area contributed by atoms with Crippen molar-refractivity contribution in [3.63, 3.8) is 0 Å². The smallest absolute Gasteiger partial charge is 0.119 e. The number of hydrogen-bond donors (Lipinski definition) is 0. The van der Waals surface area contributed by atoms with Crippen LogP contribution in [0, 0.1) is 0 Å². The highest BCUT2D eigenvalue weighted by atomic mass is 16.5. The van der Waals surface area contributed by atoms with Gasteiger partial charge in [0.1, 0.15) is 12.4 Å². The minimum atomic E-state index is 0.510. The molecule has 1 heteroatoms. The third-order valence-corrected chi connectivity index (χ3v) is 2.22. The average molecular weight is 244 g/mol. The van der Waals surface area contributed by atoms with Gasteiger partial charge in [0.15, 0.2) is 0 Å². The zero-order valence-electron chi connectivity index (χ0n) is 11.8. The lowest BCUT2D eigenvalue weighted by atomic mass is 10.2. The number of aryl methyl sites for hydroxylation is 1. The largest absolute Gasteiger partial charge is 0.489 e. The van der Waals surface area contributed by atoms with E-state index in [1.54, 1.807) is 6.08 Å². The second-order valence-corrected chi connectivity index (χ2v) is 3.54. The Balaban J connectivity index is 0.00000137. The van der Waals surface area contributed by atoms with Crippen LogP contribution in [0.5, 0.6) is 5.75 Å². The van der Waals surface area contributed by atoms with Crippen LogP contribution >= 0.6 is 0 Å². The zero-order valence-corrected chi connectivity index (χ0v) is 11.8. The molecule has 18 heavy (non-hydrogen) atoms. The van der Waals surface area contributed by atoms with E-state index in [2.05, 4.69) is 32.2 Å². The Morgan fingerprint density at radius 2 is 1.83 bits per heavy atom. The van der Waals surface area contributed by atoms with Crippen molar-refractivity contribution in [1.82, 2.24) is 0 Å². The van der Waals surface area contributed by atoms with Gasteiger partial charge in [0.2, 0.25) is 0 Å². The molecular formula is C17H24O. The van der Waals surface area contributed by atoms with Gasteiger partial charge >= 0.3 is 0 Å². The standard InChI is InChI=1S/C15H18O.C2H6/c1-4-6-7-13(3)12-16-15-10-8-14(5-2)9-11-15;1-2/h4,6-11H,1,3,5,12H2,2H3;1-2H3/b7-6-;. The maximum atomic E-state index is 5.58. The van der Waals surface area contributed by atoms with Crippen LogP contribution in [0.15, 0.2) is 61.2 Å². The minimum absolute atomic E-state index is 0.510. The number of allylic oxidation sites excluding steroid dienone is 2. The highest BCUT2D eigenvalue weighted by molar-refractivity contribution is 5.28. The molecule has 0 aliphatic heterocycles. The monoisotopic (exact) mass is 244 g/mol. The summed E-state index contributed by atoms with van der Waals surface area (Å²) in [5.41, 5.74) is 2.25. The molecule has 0 N–H and O–H groups in total. The molecule has 0 aliphatic rings. The van der Waals surface area contributed by atoms with Gasteiger partial charge < -0.3 is 4.74 Å². The van der Waals surface area contributed by atoms with Gasteiger partial charge in [-0.15, -0.1) is 0 Å². The normalized spacial score (nSPS) is 9.50. The average Bonchev–Trinajstić information content (AvgIpc) is 2.45. The summed E-state index contributed by atoms with van der Waals surface area (Å²) in [5.74, 6) is 0.880. The molecule has 0 atom stereocenters. The topological polar surface area (TPSA) is 9.23 Å². The van der Waals surface area contributed by atoms with E-state index in [4.69, 9.17) is 4.74 Å². The van der Waals surface area contributed by atoms with E-state index in [0.29, 0.717) is 6.61 Å². The Morgan fingerprint density at radius 1 is 1.22 bits per heavy atom. The summed E-state index contributed by atoms with van der Waals surface area (Å²) in [6.45, 7) is 14.1. The molecule has 1 rings (SSSR count). The Bertz CT molecular complexity index is 371. The van der Waals surface area contributed by atoms with Gasteiger partial charge in [0.25, 0.3) is 0 Å². The third-order valence-electron chi connectivity index (χ3n) is 2.22. The fourth-order valence-electron chi connectivity index (χ4n) is 1.25. The lowest BCUT2D eigenvalue weighted by molar-refractivity contribution is 0.356. The van der Waals surface area contributed by atoms with Gasteiger partial charge in [-0.3, -0.25) is 0 Å². The summed E-state index contributed by atoms with van der Waals surface area (Å²) in [5, 5.41) is 0. The summed E-state index contributed by atoms with van der Waals surface area (Å²) in [4.78, 5) is 0. The van der Waals surface area contributed by atoms with Gasteiger partial charge in [-0.1, -0.05) is 64.3 Å². The highest BCUT2D eigenvalue weighted by Gasteiger charge is 1.94. The van der Waals surface area contributed by atoms with Gasteiger partial charge in [-0.2, -0.15) is 0 Å². The lowest BCUT2D eigenvalue weighted by Crippen LogP contribution is -1.98. The van der Waals surface area contributed by atoms with Crippen LogP contribution in [0.4, 0.5) is 0 Å². The molecule has 0 aliphatic carbocycles. The molecule has 0 saturated heterocycles. The summed E-state index contributed by atoms with van der Waals surface area (Å²) < 4.78 is 5.58. The summed E-state index contributed by atoms with van der Waals surface area (Å²) in [6.07, 6.45) is 6.52. The second kappa shape index (κ2) is 10.4. The molecule has 0 amide bonds. The van der Waals surface area contributed by atoms with Crippen molar-refractivity contribution in [2.24, 2.45) is 0 Å². The Kier molecular flexibility index (Phi) is 9.38. The lowest BCUT2D eigenvalue weighted by Gasteiger charge is -2.06. The van der Waals surface area contributed by atoms with Gasteiger partial charge in [0.05, 0.1) is 0 Å². The fourth-order valence-corrected chi connectivity index (χ4v) is 1.25. The zero-order chi connectivity index (χ0) is 13.8. The highest BCUT2D eigenvalue weighted by Crippen LogP contribution is 2.13. The number of benzene rings is 1. The first-order chi connectivity index (χ1) is 8.76. The number of rotatable bonds is 6. The van der Waals surface area contributed by atoms with Crippen molar-refractivity contribution in [1.29, 1.82) is 0 Å². The van der Waals surface area contributed by atoms with Crippen LogP contribution in [0.3, 0.4) is 0 Å². The maximum Gasteiger partial charge on any atom is 0.119 e. The molecule has 0 heterocycles. The van der Waals surface area contributed by atoms with E-state index in [0.717, 1.165) is 17.7 Å². The fraction of sp³-hybridized carbons (Fsp3) is 0.294. The van der Waals surface area contributed by atoms with Gasteiger partial charge in [-0.05, 0) is 29.7 Å². The molecule has 98 valence electrons. The minimum Gasteiger partial charge on any atom is -0.489 e. The van der Waals surface area contributed by atoms with Crippen molar-refractivity contribution in [2.45, 2.75) is 27.2 Å². The second-order valence-electron chi connectivity index (χ2n) is 3.54. The van der Waals surface area contributed by atoms with Crippen molar-refractivity contribution < 1.29 is 4.74 Å². The van der Waals surface area contributed by atoms with E-state index < -0.39 is 0 Å². The van der Waals surface area contributed by atoms with Crippen molar-refractivity contribution in [2.75, 3.05) is 6.61 Å². The van der Waals surface area contributed by atoms with Gasteiger partial charge in [0, 0.05) is 0 Å². The van der Waals surface area contributed by atoms with Crippen LogP contribution in [-0.2, 0) is 6.42 Å². The maximum absolute atomic E-state index is 5.58. The van der Waals surface area contributed by atoms with Crippen LogP contribution in [0.1, 0.15) is 26.3 Å². The Labute approximate surface area is 111 Å². The van der Waals surface area contributed by atoms with E-state index >= 15 is 0 Å². The molecule has 1 aromatic rings. The van der Waals surface area contributed by atoms with Crippen LogP contribution in [0.2, 0.25) is 0 Å². The molecule has 1 aromatic carbocycles. The van der Waals surface area contributed by atoms with Crippen LogP contribution in [-0.4, -0.2) is 6.61 Å². The SMILES string of the molecule is C=C/C=C\C(=C)COc1ccc(CC)cc1.CC. The molecule has 0 aromatic heterocycles. The van der Waals surface area contributed by atoms with E-state index in [1.807, 2.05) is 38.1 Å². The third kappa shape index (κ3) is 6.74. The summed E-state index contributed by atoms with van der Waals surface area (Å²) >= 11 is 0. The Hall–Kier alpha value is -1.76. The van der Waals surface area contributed by atoms with Crippen molar-refractivity contribution in [3.8, 4) is 5.75 Å². The predicted molar refractivity (Wildman–Crippen MR) is 81.1 cm³/mol.